The standard InChI is InChI=1S/C10H16N4S/c1-15-9-13-6-7(8(11)14-9)2-3-10(12)4-5-10/h6H,2-5,12H2,1H3,(H2,11,13,14). The number of hydrogen-bond acceptors (Lipinski definition) is 5. The van der Waals surface area contributed by atoms with E-state index >= 15 is 0 Å². The fraction of sp³-hybridized carbons (Fsp3) is 0.600. The number of aromatic nitrogens is 2. The van der Waals surface area contributed by atoms with Crippen molar-refractivity contribution >= 4 is 17.6 Å². The molecule has 4 N–H and O–H groups in total. The van der Waals surface area contributed by atoms with Gasteiger partial charge in [-0.05, 0) is 31.9 Å². The smallest absolute Gasteiger partial charge is 0.189 e. The van der Waals surface area contributed by atoms with E-state index in [2.05, 4.69) is 9.97 Å². The molecule has 0 atom stereocenters. The van der Waals surface area contributed by atoms with Gasteiger partial charge >= 0.3 is 0 Å². The molecule has 1 aromatic rings. The maximum absolute atomic E-state index is 6.01. The average Bonchev–Trinajstić information content (AvgIpc) is 2.95. The minimum absolute atomic E-state index is 0.0740. The number of nitrogen functional groups attached to an aromatic ring is 1. The van der Waals surface area contributed by atoms with Crippen LogP contribution in [0.1, 0.15) is 24.8 Å². The Labute approximate surface area is 93.9 Å². The summed E-state index contributed by atoms with van der Waals surface area (Å²) in [6.07, 6.45) is 7.90. The Morgan fingerprint density at radius 1 is 1.53 bits per heavy atom. The lowest BCUT2D eigenvalue weighted by Crippen LogP contribution is -2.22. The lowest BCUT2D eigenvalue weighted by Gasteiger charge is -2.09. The van der Waals surface area contributed by atoms with Crippen LogP contribution in [-0.4, -0.2) is 21.8 Å². The Hall–Kier alpha value is -0.810. The number of nitrogens with zero attached hydrogens (tertiary/aromatic N) is 2. The third kappa shape index (κ3) is 2.60. The molecular formula is C10H16N4S. The zero-order chi connectivity index (χ0) is 10.9. The molecular weight excluding hydrogens is 208 g/mol. The van der Waals surface area contributed by atoms with E-state index in [0.717, 1.165) is 36.4 Å². The summed E-state index contributed by atoms with van der Waals surface area (Å²) in [7, 11) is 0. The molecule has 0 saturated heterocycles. The highest BCUT2D eigenvalue weighted by atomic mass is 32.2. The summed E-state index contributed by atoms with van der Waals surface area (Å²) in [5, 5.41) is 0.727. The molecule has 2 rings (SSSR count). The number of aryl methyl sites for hydroxylation is 1. The van der Waals surface area contributed by atoms with Crippen LogP contribution < -0.4 is 11.5 Å². The number of hydrogen-bond donors (Lipinski definition) is 2. The van der Waals surface area contributed by atoms with Crippen molar-refractivity contribution in [3.8, 4) is 0 Å². The van der Waals surface area contributed by atoms with E-state index in [1.165, 1.54) is 11.8 Å². The van der Waals surface area contributed by atoms with E-state index in [0.29, 0.717) is 5.82 Å². The van der Waals surface area contributed by atoms with Crippen molar-refractivity contribution in [2.75, 3.05) is 12.0 Å². The molecule has 1 fully saturated rings. The Morgan fingerprint density at radius 2 is 2.27 bits per heavy atom. The summed E-state index contributed by atoms with van der Waals surface area (Å²) >= 11 is 1.50. The summed E-state index contributed by atoms with van der Waals surface area (Å²) in [5.74, 6) is 0.596. The van der Waals surface area contributed by atoms with Gasteiger partial charge < -0.3 is 11.5 Å². The molecule has 82 valence electrons. The third-order valence-electron chi connectivity index (χ3n) is 2.84. The van der Waals surface area contributed by atoms with Crippen LogP contribution in [0.4, 0.5) is 5.82 Å². The van der Waals surface area contributed by atoms with Gasteiger partial charge in [-0.2, -0.15) is 0 Å². The number of rotatable bonds is 4. The third-order valence-corrected chi connectivity index (χ3v) is 3.40. The fourth-order valence-electron chi connectivity index (χ4n) is 1.49. The SMILES string of the molecule is CSc1ncc(CCC2(N)CC2)c(N)n1. The highest BCUT2D eigenvalue weighted by Crippen LogP contribution is 2.36. The highest BCUT2D eigenvalue weighted by molar-refractivity contribution is 7.98. The van der Waals surface area contributed by atoms with Crippen LogP contribution in [0.3, 0.4) is 0 Å². The van der Waals surface area contributed by atoms with Crippen molar-refractivity contribution in [1.29, 1.82) is 0 Å². The lowest BCUT2D eigenvalue weighted by molar-refractivity contribution is 0.607. The number of anilines is 1. The zero-order valence-electron chi connectivity index (χ0n) is 8.86. The summed E-state index contributed by atoms with van der Waals surface area (Å²) < 4.78 is 0. The predicted molar refractivity (Wildman–Crippen MR) is 62.7 cm³/mol. The molecule has 0 aromatic carbocycles. The van der Waals surface area contributed by atoms with E-state index in [1.54, 1.807) is 0 Å². The normalized spacial score (nSPS) is 17.7. The first-order valence-corrected chi connectivity index (χ1v) is 6.30. The molecule has 1 aromatic heterocycles. The second-order valence-electron chi connectivity index (χ2n) is 4.13. The van der Waals surface area contributed by atoms with Gasteiger partial charge in [-0.15, -0.1) is 0 Å². The molecule has 1 aliphatic rings. The molecule has 1 aliphatic carbocycles. The molecule has 0 spiro atoms. The molecule has 15 heavy (non-hydrogen) atoms. The van der Waals surface area contributed by atoms with Crippen molar-refractivity contribution in [1.82, 2.24) is 9.97 Å². The van der Waals surface area contributed by atoms with Crippen molar-refractivity contribution in [2.45, 2.75) is 36.4 Å². The van der Waals surface area contributed by atoms with Crippen LogP contribution in [0.2, 0.25) is 0 Å². The minimum Gasteiger partial charge on any atom is -0.383 e. The van der Waals surface area contributed by atoms with Gasteiger partial charge in [0.15, 0.2) is 5.16 Å². The molecule has 0 amide bonds. The van der Waals surface area contributed by atoms with E-state index < -0.39 is 0 Å². The Bertz CT molecular complexity index is 362. The quantitative estimate of drug-likeness (QED) is 0.593. The topological polar surface area (TPSA) is 77.8 Å². The fourth-order valence-corrected chi connectivity index (χ4v) is 1.84. The molecule has 0 radical (unpaired) electrons. The summed E-state index contributed by atoms with van der Waals surface area (Å²) in [5.41, 5.74) is 12.9. The molecule has 4 nitrogen and oxygen atoms in total. The first kappa shape index (κ1) is 10.7. The van der Waals surface area contributed by atoms with E-state index in [-0.39, 0.29) is 5.54 Å². The van der Waals surface area contributed by atoms with Crippen LogP contribution in [0.25, 0.3) is 0 Å². The van der Waals surface area contributed by atoms with Gasteiger partial charge in [-0.3, -0.25) is 0 Å². The monoisotopic (exact) mass is 224 g/mol. The van der Waals surface area contributed by atoms with Gasteiger partial charge in [0.05, 0.1) is 0 Å². The van der Waals surface area contributed by atoms with Crippen LogP contribution in [-0.2, 0) is 6.42 Å². The van der Waals surface area contributed by atoms with Crippen LogP contribution in [0.5, 0.6) is 0 Å². The van der Waals surface area contributed by atoms with E-state index in [4.69, 9.17) is 11.5 Å². The first-order valence-electron chi connectivity index (χ1n) is 5.07. The molecule has 0 aliphatic heterocycles. The van der Waals surface area contributed by atoms with Crippen LogP contribution >= 0.6 is 11.8 Å². The lowest BCUT2D eigenvalue weighted by atomic mass is 10.1. The molecule has 5 heteroatoms. The summed E-state index contributed by atoms with van der Waals surface area (Å²) in [6, 6.07) is 0. The molecule has 1 saturated carbocycles. The van der Waals surface area contributed by atoms with Crippen LogP contribution in [0.15, 0.2) is 11.4 Å². The minimum atomic E-state index is 0.0740. The highest BCUT2D eigenvalue weighted by Gasteiger charge is 2.37. The predicted octanol–water partition coefficient (Wildman–Crippen LogP) is 1.20. The summed E-state index contributed by atoms with van der Waals surface area (Å²) in [6.45, 7) is 0. The van der Waals surface area contributed by atoms with Gasteiger partial charge in [0, 0.05) is 17.3 Å². The Morgan fingerprint density at radius 3 is 2.80 bits per heavy atom. The molecule has 1 heterocycles. The van der Waals surface area contributed by atoms with Crippen molar-refractivity contribution in [3.63, 3.8) is 0 Å². The van der Waals surface area contributed by atoms with Gasteiger partial charge in [0.2, 0.25) is 0 Å². The van der Waals surface area contributed by atoms with Gasteiger partial charge in [0.1, 0.15) is 5.82 Å². The van der Waals surface area contributed by atoms with Crippen LogP contribution in [0, 0.1) is 0 Å². The zero-order valence-corrected chi connectivity index (χ0v) is 9.68. The summed E-state index contributed by atoms with van der Waals surface area (Å²) in [4.78, 5) is 8.41. The van der Waals surface area contributed by atoms with Gasteiger partial charge in [-0.1, -0.05) is 11.8 Å². The molecule has 0 bridgehead atoms. The van der Waals surface area contributed by atoms with Crippen molar-refractivity contribution < 1.29 is 0 Å². The second kappa shape index (κ2) is 3.98. The maximum Gasteiger partial charge on any atom is 0.189 e. The van der Waals surface area contributed by atoms with Gasteiger partial charge in [0.25, 0.3) is 0 Å². The largest absolute Gasteiger partial charge is 0.383 e. The molecule has 0 unspecified atom stereocenters. The van der Waals surface area contributed by atoms with Crippen molar-refractivity contribution in [3.05, 3.63) is 11.8 Å². The van der Waals surface area contributed by atoms with Gasteiger partial charge in [-0.25, -0.2) is 9.97 Å². The average molecular weight is 224 g/mol. The number of thioether (sulfide) groups is 1. The first-order chi connectivity index (χ1) is 7.13. The maximum atomic E-state index is 6.01. The second-order valence-corrected chi connectivity index (χ2v) is 4.90. The Balaban J connectivity index is 2.01. The van der Waals surface area contributed by atoms with E-state index in [9.17, 15) is 0 Å². The van der Waals surface area contributed by atoms with E-state index in [1.807, 2.05) is 12.5 Å². The Kier molecular flexibility index (Phi) is 2.84. The number of nitrogens with two attached hydrogens (primary N) is 2. The van der Waals surface area contributed by atoms with Crippen molar-refractivity contribution in [2.24, 2.45) is 5.73 Å².